The molecule has 1 fully saturated rings. The molecule has 0 saturated heterocycles. The van der Waals surface area contributed by atoms with E-state index in [4.69, 9.17) is 23.2 Å². The summed E-state index contributed by atoms with van der Waals surface area (Å²) in [5.74, 6) is 1.41. The topological polar surface area (TPSA) is 75.3 Å². The van der Waals surface area contributed by atoms with Crippen molar-refractivity contribution in [3.63, 3.8) is 0 Å². The van der Waals surface area contributed by atoms with Crippen molar-refractivity contribution < 1.29 is 13.2 Å². The van der Waals surface area contributed by atoms with Gasteiger partial charge in [0.05, 0.1) is 26.7 Å². The van der Waals surface area contributed by atoms with E-state index in [9.17, 15) is 13.2 Å². The average molecular weight is 536 g/mol. The molecule has 2 N–H and O–H groups in total. The molecule has 5 nitrogen and oxygen atoms in total. The van der Waals surface area contributed by atoms with Crippen molar-refractivity contribution in [2.45, 2.75) is 57.4 Å². The zero-order valence-electron chi connectivity index (χ0n) is 20.3. The first-order valence-electron chi connectivity index (χ1n) is 12.1. The van der Waals surface area contributed by atoms with Crippen LogP contribution in [-0.4, -0.2) is 20.2 Å². The Balaban J connectivity index is 1.34. The zero-order chi connectivity index (χ0) is 25.3. The number of fused-ring (bicyclic) bond motifs is 1. The molecule has 188 valence electrons. The standard InChI is InChI=1S/C27H32Cl2N2O3S/c1-4-19-14-20-13-18(12-16(2)25(19)20)15-35(33,34)22-10-8-21(9-11-22)31-27(32)30-17(3)23-6-5-7-24(28)26(23)29/h5-11,16-18,20H,4,12-15H2,1-3H3,(H2,30,31,32). The lowest BCUT2D eigenvalue weighted by Gasteiger charge is -2.44. The molecule has 4 rings (SSSR count). The number of halogens is 2. The van der Waals surface area contributed by atoms with Gasteiger partial charge in [0, 0.05) is 5.69 Å². The van der Waals surface area contributed by atoms with Crippen molar-refractivity contribution in [2.24, 2.45) is 17.8 Å². The van der Waals surface area contributed by atoms with Gasteiger partial charge in [-0.2, -0.15) is 0 Å². The minimum atomic E-state index is -3.40. The van der Waals surface area contributed by atoms with E-state index in [0.29, 0.717) is 38.0 Å². The highest BCUT2D eigenvalue weighted by atomic mass is 35.5. The molecule has 0 bridgehead atoms. The Labute approximate surface area is 218 Å². The summed E-state index contributed by atoms with van der Waals surface area (Å²) in [6, 6.07) is 10.9. The summed E-state index contributed by atoms with van der Waals surface area (Å²) in [7, 11) is -3.40. The number of hydrogen-bond acceptors (Lipinski definition) is 3. The van der Waals surface area contributed by atoms with Crippen LogP contribution in [0.1, 0.15) is 58.1 Å². The number of hydrogen-bond donors (Lipinski definition) is 2. The molecule has 2 aromatic rings. The lowest BCUT2D eigenvalue weighted by atomic mass is 9.62. The van der Waals surface area contributed by atoms with E-state index >= 15 is 0 Å². The summed E-state index contributed by atoms with van der Waals surface area (Å²) in [5, 5.41) is 6.39. The third-order valence-electron chi connectivity index (χ3n) is 7.33. The van der Waals surface area contributed by atoms with Crippen LogP contribution in [0.5, 0.6) is 0 Å². The highest BCUT2D eigenvalue weighted by molar-refractivity contribution is 7.91. The van der Waals surface area contributed by atoms with Crippen LogP contribution >= 0.6 is 23.2 Å². The van der Waals surface area contributed by atoms with E-state index in [1.54, 1.807) is 53.6 Å². The number of urea groups is 1. The Kier molecular flexibility index (Phi) is 7.84. The number of anilines is 1. The maximum Gasteiger partial charge on any atom is 0.319 e. The fraction of sp³-hybridized carbons (Fsp3) is 0.444. The summed E-state index contributed by atoms with van der Waals surface area (Å²) in [5.41, 5.74) is 4.40. The minimum absolute atomic E-state index is 0.174. The Morgan fingerprint density at radius 3 is 2.49 bits per heavy atom. The van der Waals surface area contributed by atoms with Gasteiger partial charge in [-0.1, -0.05) is 60.3 Å². The zero-order valence-corrected chi connectivity index (χ0v) is 22.6. The molecule has 0 radical (unpaired) electrons. The van der Waals surface area contributed by atoms with Crippen molar-refractivity contribution >= 4 is 44.8 Å². The smallest absolute Gasteiger partial charge is 0.319 e. The fourth-order valence-electron chi connectivity index (χ4n) is 5.70. The first-order valence-corrected chi connectivity index (χ1v) is 14.6. The summed E-state index contributed by atoms with van der Waals surface area (Å²) in [4.78, 5) is 12.7. The van der Waals surface area contributed by atoms with Crippen molar-refractivity contribution in [1.82, 2.24) is 5.32 Å². The molecular formula is C27H32Cl2N2O3S. The molecule has 35 heavy (non-hydrogen) atoms. The molecule has 8 heteroatoms. The van der Waals surface area contributed by atoms with Crippen LogP contribution in [-0.2, 0) is 9.84 Å². The molecule has 0 aromatic heterocycles. The van der Waals surface area contributed by atoms with E-state index in [-0.39, 0.29) is 17.7 Å². The number of rotatable bonds is 7. The van der Waals surface area contributed by atoms with Crippen molar-refractivity contribution in [3.05, 3.63) is 69.2 Å². The molecule has 2 amide bonds. The quantitative estimate of drug-likeness (QED) is 0.362. The van der Waals surface area contributed by atoms with Crippen molar-refractivity contribution in [1.29, 1.82) is 0 Å². The van der Waals surface area contributed by atoms with E-state index in [2.05, 4.69) is 24.5 Å². The van der Waals surface area contributed by atoms with Gasteiger partial charge in [-0.15, -0.1) is 0 Å². The lowest BCUT2D eigenvalue weighted by molar-refractivity contribution is 0.249. The number of nitrogens with one attached hydrogen (secondary N) is 2. The first-order chi connectivity index (χ1) is 16.6. The lowest BCUT2D eigenvalue weighted by Crippen LogP contribution is -2.34. The number of amides is 2. The summed E-state index contributed by atoms with van der Waals surface area (Å²) < 4.78 is 26.2. The van der Waals surface area contributed by atoms with Gasteiger partial charge in [-0.3, -0.25) is 0 Å². The molecular weight excluding hydrogens is 503 g/mol. The van der Waals surface area contributed by atoms with Gasteiger partial charge in [0.2, 0.25) is 0 Å². The predicted molar refractivity (Wildman–Crippen MR) is 143 cm³/mol. The van der Waals surface area contributed by atoms with Gasteiger partial charge in [-0.25, -0.2) is 13.2 Å². The van der Waals surface area contributed by atoms with Crippen LogP contribution in [0.25, 0.3) is 0 Å². The van der Waals surface area contributed by atoms with E-state index in [1.807, 2.05) is 6.92 Å². The minimum Gasteiger partial charge on any atom is -0.331 e. The molecule has 2 aromatic carbocycles. The van der Waals surface area contributed by atoms with Crippen LogP contribution in [0.4, 0.5) is 10.5 Å². The Morgan fingerprint density at radius 1 is 1.11 bits per heavy atom. The van der Waals surface area contributed by atoms with E-state index < -0.39 is 15.9 Å². The van der Waals surface area contributed by atoms with E-state index in [0.717, 1.165) is 25.7 Å². The van der Waals surface area contributed by atoms with Crippen molar-refractivity contribution in [2.75, 3.05) is 11.1 Å². The largest absolute Gasteiger partial charge is 0.331 e. The number of carbonyl (C=O) groups is 1. The maximum atomic E-state index is 13.1. The second-order valence-electron chi connectivity index (χ2n) is 9.82. The molecule has 1 saturated carbocycles. The Bertz CT molecular complexity index is 1240. The first kappa shape index (κ1) is 26.1. The number of allylic oxidation sites excluding steroid dienone is 2. The fourth-order valence-corrected chi connectivity index (χ4v) is 7.81. The molecule has 2 aliphatic carbocycles. The van der Waals surface area contributed by atoms with Gasteiger partial charge < -0.3 is 10.6 Å². The predicted octanol–water partition coefficient (Wildman–Crippen LogP) is 7.42. The number of sulfone groups is 1. The van der Waals surface area contributed by atoms with Gasteiger partial charge in [-0.05, 0) is 86.3 Å². The number of benzene rings is 2. The van der Waals surface area contributed by atoms with Crippen LogP contribution in [0.3, 0.4) is 0 Å². The van der Waals surface area contributed by atoms with Gasteiger partial charge in [0.25, 0.3) is 0 Å². The maximum absolute atomic E-state index is 13.1. The van der Waals surface area contributed by atoms with Crippen LogP contribution in [0.2, 0.25) is 10.0 Å². The molecule has 0 heterocycles. The molecule has 2 aliphatic rings. The Hall–Kier alpha value is -2.02. The highest BCUT2D eigenvalue weighted by Gasteiger charge is 2.39. The second kappa shape index (κ2) is 10.5. The highest BCUT2D eigenvalue weighted by Crippen LogP contribution is 2.50. The summed E-state index contributed by atoms with van der Waals surface area (Å²) in [6.45, 7) is 6.26. The molecule has 0 spiro atoms. The van der Waals surface area contributed by atoms with Crippen molar-refractivity contribution in [3.8, 4) is 0 Å². The second-order valence-corrected chi connectivity index (χ2v) is 12.6. The third-order valence-corrected chi connectivity index (χ3v) is 10.1. The summed E-state index contributed by atoms with van der Waals surface area (Å²) >= 11 is 12.3. The van der Waals surface area contributed by atoms with E-state index in [1.165, 1.54) is 0 Å². The van der Waals surface area contributed by atoms with Crippen LogP contribution in [0, 0.1) is 17.8 Å². The SMILES string of the molecule is CCC1=C2C(C)CC(CS(=O)(=O)c3ccc(NC(=O)NC(C)c4cccc(Cl)c4Cl)cc3)CC2C1. The Morgan fingerprint density at radius 2 is 1.83 bits per heavy atom. The molecule has 4 unspecified atom stereocenters. The van der Waals surface area contributed by atoms with Crippen LogP contribution < -0.4 is 10.6 Å². The van der Waals surface area contributed by atoms with Gasteiger partial charge >= 0.3 is 6.03 Å². The number of carbonyl (C=O) groups excluding carboxylic acids is 1. The molecule has 4 atom stereocenters. The molecule has 0 aliphatic heterocycles. The van der Waals surface area contributed by atoms with Crippen LogP contribution in [0.15, 0.2) is 58.5 Å². The van der Waals surface area contributed by atoms with Gasteiger partial charge in [0.1, 0.15) is 0 Å². The monoisotopic (exact) mass is 534 g/mol. The average Bonchev–Trinajstić information content (AvgIpc) is 2.77. The normalized spacial score (nSPS) is 22.7. The third kappa shape index (κ3) is 5.71. The van der Waals surface area contributed by atoms with Gasteiger partial charge in [0.15, 0.2) is 9.84 Å². The summed E-state index contributed by atoms with van der Waals surface area (Å²) in [6.07, 6.45) is 4.16.